The van der Waals surface area contributed by atoms with Crippen LogP contribution in [0.1, 0.15) is 6.92 Å². The lowest BCUT2D eigenvalue weighted by Gasteiger charge is -2.45. The molecule has 1 fully saturated rings. The number of allylic oxidation sites excluding steroid dienone is 2. The first-order chi connectivity index (χ1) is 8.88. The molecule has 0 saturated carbocycles. The maximum atomic E-state index is 11.7. The van der Waals surface area contributed by atoms with Crippen LogP contribution in [0.4, 0.5) is 0 Å². The zero-order valence-electron chi connectivity index (χ0n) is 10.3. The quantitative estimate of drug-likeness (QED) is 0.468. The zero-order valence-corrected chi connectivity index (χ0v) is 10.3. The van der Waals surface area contributed by atoms with Crippen LogP contribution in [-0.4, -0.2) is 58.0 Å². The first-order valence-electron chi connectivity index (χ1n) is 5.73. The first kappa shape index (κ1) is 13.9. The minimum atomic E-state index is -2.26. The van der Waals surface area contributed by atoms with E-state index < -0.39 is 30.3 Å². The van der Waals surface area contributed by atoms with Crippen LogP contribution < -0.4 is 5.32 Å². The molecule has 1 heterocycles. The molecule has 0 amide bonds. The molecule has 1 aliphatic carbocycles. The van der Waals surface area contributed by atoms with Crippen LogP contribution in [0.15, 0.2) is 23.4 Å². The van der Waals surface area contributed by atoms with Crippen molar-refractivity contribution in [1.29, 1.82) is 0 Å². The van der Waals surface area contributed by atoms with Gasteiger partial charge >= 0.3 is 0 Å². The molecule has 1 unspecified atom stereocenters. The Morgan fingerprint density at radius 3 is 2.58 bits per heavy atom. The summed E-state index contributed by atoms with van der Waals surface area (Å²) in [5.74, 6) is -3.35. The highest BCUT2D eigenvalue weighted by Crippen LogP contribution is 2.33. The summed E-state index contributed by atoms with van der Waals surface area (Å²) >= 11 is 0. The summed E-state index contributed by atoms with van der Waals surface area (Å²) in [4.78, 5) is 23.3. The van der Waals surface area contributed by atoms with E-state index in [1.165, 1.54) is 13.0 Å². The van der Waals surface area contributed by atoms with E-state index in [4.69, 9.17) is 4.74 Å². The van der Waals surface area contributed by atoms with E-state index in [9.17, 15) is 24.9 Å². The molecule has 0 aromatic heterocycles. The second kappa shape index (κ2) is 4.53. The number of ether oxygens (including phenoxy) is 1. The Balaban J connectivity index is 2.53. The third-order valence-electron chi connectivity index (χ3n) is 3.28. The van der Waals surface area contributed by atoms with Gasteiger partial charge in [0.25, 0.3) is 5.79 Å². The molecule has 1 saturated heterocycles. The average Bonchev–Trinajstić information content (AvgIpc) is 2.40. The second-order valence-electron chi connectivity index (χ2n) is 4.70. The third kappa shape index (κ3) is 2.00. The van der Waals surface area contributed by atoms with E-state index in [1.54, 1.807) is 0 Å². The first-order valence-corrected chi connectivity index (χ1v) is 5.73. The Morgan fingerprint density at radius 1 is 1.42 bits per heavy atom. The summed E-state index contributed by atoms with van der Waals surface area (Å²) in [6.45, 7) is 0.0435. The molecule has 19 heavy (non-hydrogen) atoms. The number of ketones is 2. The standard InChI is InChI=1S/C12H15NO6/c1-7(16)8-2-3-9(17)12(18)10(8)13-11(4-14,5-15)6-19-12/h2-3,13-15,18H,4-6H2,1H3. The van der Waals surface area contributed by atoms with Crippen molar-refractivity contribution < 1.29 is 29.6 Å². The fourth-order valence-corrected chi connectivity index (χ4v) is 2.01. The lowest BCUT2D eigenvalue weighted by atomic mass is 9.88. The summed E-state index contributed by atoms with van der Waals surface area (Å²) < 4.78 is 5.12. The fourth-order valence-electron chi connectivity index (χ4n) is 2.01. The lowest BCUT2D eigenvalue weighted by molar-refractivity contribution is -0.212. The topological polar surface area (TPSA) is 116 Å². The molecular formula is C12H15NO6. The van der Waals surface area contributed by atoms with Crippen LogP contribution in [0.2, 0.25) is 0 Å². The highest BCUT2D eigenvalue weighted by Gasteiger charge is 2.52. The van der Waals surface area contributed by atoms with Gasteiger partial charge in [-0.1, -0.05) is 0 Å². The molecule has 2 rings (SSSR count). The molecule has 0 aromatic rings. The summed E-state index contributed by atoms with van der Waals surface area (Å²) in [7, 11) is 0. The van der Waals surface area contributed by atoms with Crippen molar-refractivity contribution in [3.05, 3.63) is 23.4 Å². The van der Waals surface area contributed by atoms with Crippen molar-refractivity contribution in [1.82, 2.24) is 5.32 Å². The molecule has 0 spiro atoms. The molecule has 104 valence electrons. The van der Waals surface area contributed by atoms with Crippen LogP contribution in [0.25, 0.3) is 0 Å². The van der Waals surface area contributed by atoms with Crippen LogP contribution in [-0.2, 0) is 14.3 Å². The van der Waals surface area contributed by atoms with Gasteiger partial charge in [0.2, 0.25) is 5.78 Å². The van der Waals surface area contributed by atoms with E-state index in [1.807, 2.05) is 0 Å². The van der Waals surface area contributed by atoms with E-state index >= 15 is 0 Å². The number of Topliss-reactive ketones (excluding diaryl/α,β-unsaturated/α-hetero) is 1. The molecule has 1 atom stereocenters. The highest BCUT2D eigenvalue weighted by molar-refractivity contribution is 6.07. The number of morpholine rings is 1. The lowest BCUT2D eigenvalue weighted by Crippen LogP contribution is -2.67. The molecule has 1 aliphatic heterocycles. The molecule has 0 aromatic carbocycles. The van der Waals surface area contributed by atoms with Crippen molar-refractivity contribution in [2.24, 2.45) is 0 Å². The maximum absolute atomic E-state index is 11.7. The number of aliphatic hydroxyl groups is 3. The van der Waals surface area contributed by atoms with Gasteiger partial charge < -0.3 is 25.4 Å². The Kier molecular flexibility index (Phi) is 3.31. The fraction of sp³-hybridized carbons (Fsp3) is 0.500. The van der Waals surface area contributed by atoms with E-state index in [0.29, 0.717) is 0 Å². The minimum Gasteiger partial charge on any atom is -0.394 e. The maximum Gasteiger partial charge on any atom is 0.273 e. The Labute approximate surface area is 109 Å². The number of hydrogen-bond acceptors (Lipinski definition) is 7. The van der Waals surface area contributed by atoms with E-state index in [0.717, 1.165) is 6.08 Å². The predicted octanol–water partition coefficient (Wildman–Crippen LogP) is -2.00. The number of aliphatic hydroxyl groups excluding tert-OH is 2. The monoisotopic (exact) mass is 269 g/mol. The number of fused-ring (bicyclic) bond motifs is 1. The van der Waals surface area contributed by atoms with Gasteiger partial charge in [-0.05, 0) is 19.1 Å². The zero-order chi connectivity index (χ0) is 14.3. The van der Waals surface area contributed by atoms with Gasteiger partial charge in [0.15, 0.2) is 5.78 Å². The SMILES string of the molecule is CC(=O)C1=C2NC(CO)(CO)COC2(O)C(=O)C=C1. The highest BCUT2D eigenvalue weighted by atomic mass is 16.6. The number of hydrogen-bond donors (Lipinski definition) is 4. The predicted molar refractivity (Wildman–Crippen MR) is 62.8 cm³/mol. The number of rotatable bonds is 3. The molecule has 2 aliphatic rings. The van der Waals surface area contributed by atoms with Crippen molar-refractivity contribution in [3.8, 4) is 0 Å². The number of carbonyl (C=O) groups excluding carboxylic acids is 2. The Bertz CT molecular complexity index is 490. The van der Waals surface area contributed by atoms with Gasteiger partial charge in [-0.25, -0.2) is 0 Å². The summed E-state index contributed by atoms with van der Waals surface area (Å²) in [6, 6.07) is 0. The Hall–Kier alpha value is -1.54. The normalized spacial score (nSPS) is 28.9. The Morgan fingerprint density at radius 2 is 2.05 bits per heavy atom. The number of nitrogens with one attached hydrogen (secondary N) is 1. The van der Waals surface area contributed by atoms with Gasteiger partial charge in [0.05, 0.1) is 25.5 Å². The summed E-state index contributed by atoms with van der Waals surface area (Å²) in [6.07, 6.45) is 2.34. The number of carbonyl (C=O) groups is 2. The summed E-state index contributed by atoms with van der Waals surface area (Å²) in [5.41, 5.74) is -1.30. The van der Waals surface area contributed by atoms with Gasteiger partial charge in [0, 0.05) is 5.57 Å². The van der Waals surface area contributed by atoms with Gasteiger partial charge in [0.1, 0.15) is 5.54 Å². The van der Waals surface area contributed by atoms with E-state index in [2.05, 4.69) is 5.32 Å². The molecular weight excluding hydrogens is 254 g/mol. The molecule has 4 N–H and O–H groups in total. The van der Waals surface area contributed by atoms with Gasteiger partial charge in [-0.3, -0.25) is 9.59 Å². The molecule has 0 bridgehead atoms. The van der Waals surface area contributed by atoms with Crippen LogP contribution in [0.3, 0.4) is 0 Å². The minimum absolute atomic E-state index is 0.0769. The largest absolute Gasteiger partial charge is 0.394 e. The van der Waals surface area contributed by atoms with Crippen LogP contribution >= 0.6 is 0 Å². The van der Waals surface area contributed by atoms with Gasteiger partial charge in [-0.15, -0.1) is 0 Å². The van der Waals surface area contributed by atoms with Crippen molar-refractivity contribution in [2.45, 2.75) is 18.2 Å². The van der Waals surface area contributed by atoms with Crippen molar-refractivity contribution in [3.63, 3.8) is 0 Å². The molecule has 7 heteroatoms. The van der Waals surface area contributed by atoms with Crippen LogP contribution in [0.5, 0.6) is 0 Å². The molecule has 0 radical (unpaired) electrons. The second-order valence-corrected chi connectivity index (χ2v) is 4.70. The smallest absolute Gasteiger partial charge is 0.273 e. The third-order valence-corrected chi connectivity index (χ3v) is 3.28. The van der Waals surface area contributed by atoms with Crippen molar-refractivity contribution >= 4 is 11.6 Å². The molecule has 7 nitrogen and oxygen atoms in total. The van der Waals surface area contributed by atoms with Crippen LogP contribution in [0, 0.1) is 0 Å². The van der Waals surface area contributed by atoms with Crippen molar-refractivity contribution in [2.75, 3.05) is 19.8 Å². The summed E-state index contributed by atoms with van der Waals surface area (Å²) in [5, 5.41) is 31.5. The van der Waals surface area contributed by atoms with E-state index in [-0.39, 0.29) is 23.7 Å². The average molecular weight is 269 g/mol. The van der Waals surface area contributed by atoms with Gasteiger partial charge in [-0.2, -0.15) is 0 Å².